The lowest BCUT2D eigenvalue weighted by molar-refractivity contribution is 0.0773. The summed E-state index contributed by atoms with van der Waals surface area (Å²) in [6.45, 7) is 11.1. The molecule has 0 radical (unpaired) electrons. The molecule has 2 unspecified atom stereocenters. The molecule has 1 aliphatic rings. The van der Waals surface area contributed by atoms with E-state index < -0.39 is 0 Å². The molecule has 7 nitrogen and oxygen atoms in total. The van der Waals surface area contributed by atoms with Crippen molar-refractivity contribution in [3.63, 3.8) is 0 Å². The number of carbonyl (C=O) groups excluding carboxylic acids is 1. The maximum atomic E-state index is 12.6. The normalized spacial score (nSPS) is 17.6. The number of ether oxygens (including phenoxy) is 1. The van der Waals surface area contributed by atoms with Gasteiger partial charge in [-0.1, -0.05) is 49.4 Å². The number of piperidine rings is 1. The molecular weight excluding hydrogens is 512 g/mol. The molecule has 4 aromatic rings. The number of hydrogen-bond donors (Lipinski definition) is 1. The van der Waals surface area contributed by atoms with Crippen LogP contribution in [0.5, 0.6) is 5.75 Å². The van der Waals surface area contributed by atoms with E-state index in [9.17, 15) is 9.90 Å². The van der Waals surface area contributed by atoms with Gasteiger partial charge in [0.15, 0.2) is 0 Å². The Labute approximate surface area is 243 Å². The van der Waals surface area contributed by atoms with Crippen LogP contribution in [0.3, 0.4) is 0 Å². The molecule has 1 fully saturated rings. The van der Waals surface area contributed by atoms with E-state index in [1.54, 1.807) is 0 Å². The lowest BCUT2D eigenvalue weighted by Gasteiger charge is -2.38. The number of benzene rings is 3. The number of hydrogen-bond acceptors (Lipinski definition) is 5. The van der Waals surface area contributed by atoms with Crippen molar-refractivity contribution < 1.29 is 14.6 Å². The molecule has 0 aliphatic carbocycles. The van der Waals surface area contributed by atoms with Gasteiger partial charge in [0, 0.05) is 50.7 Å². The number of rotatable bonds is 11. The first-order valence-electron chi connectivity index (χ1n) is 14.9. The summed E-state index contributed by atoms with van der Waals surface area (Å²) in [5.41, 5.74) is 5.08. The van der Waals surface area contributed by atoms with Gasteiger partial charge in [0.2, 0.25) is 0 Å². The Balaban J connectivity index is 1.16. The standard InChI is InChI=1S/C34H42N4O3/c1-4-37(5-2)34(40)27-16-14-26(15-17-27)22-28-10-6-9-13-32(28)41-21-20-36-19-18-30(25(3)23-36)38-31-12-8-7-11-29(31)35-33(38)24-39/h6-17,25,30,39H,4-5,18-24H2,1-3H3. The van der Waals surface area contributed by atoms with Gasteiger partial charge in [-0.2, -0.15) is 0 Å². The molecular formula is C34H42N4O3. The van der Waals surface area contributed by atoms with Gasteiger partial charge < -0.3 is 19.3 Å². The number of aliphatic hydroxyl groups is 1. The molecule has 5 rings (SSSR count). The van der Waals surface area contributed by atoms with Crippen LogP contribution in [0.2, 0.25) is 0 Å². The van der Waals surface area contributed by atoms with E-state index in [4.69, 9.17) is 4.74 Å². The fourth-order valence-electron chi connectivity index (χ4n) is 6.14. The molecule has 41 heavy (non-hydrogen) atoms. The molecule has 0 spiro atoms. The van der Waals surface area contributed by atoms with Crippen molar-refractivity contribution in [3.8, 4) is 5.75 Å². The van der Waals surface area contributed by atoms with Gasteiger partial charge in [-0.25, -0.2) is 4.98 Å². The summed E-state index contributed by atoms with van der Waals surface area (Å²) in [4.78, 5) is 21.6. The molecule has 216 valence electrons. The second-order valence-corrected chi connectivity index (χ2v) is 11.0. The van der Waals surface area contributed by atoms with Crippen molar-refractivity contribution in [3.05, 3.63) is 95.3 Å². The highest BCUT2D eigenvalue weighted by Gasteiger charge is 2.30. The Kier molecular flexibility index (Phi) is 9.37. The third-order valence-corrected chi connectivity index (χ3v) is 8.37. The van der Waals surface area contributed by atoms with Crippen molar-refractivity contribution >= 4 is 16.9 Å². The fourth-order valence-corrected chi connectivity index (χ4v) is 6.14. The maximum absolute atomic E-state index is 12.6. The summed E-state index contributed by atoms with van der Waals surface area (Å²) in [5.74, 6) is 2.17. The first-order valence-corrected chi connectivity index (χ1v) is 14.9. The average molecular weight is 555 g/mol. The average Bonchev–Trinajstić information content (AvgIpc) is 3.37. The molecule has 2 heterocycles. The van der Waals surface area contributed by atoms with Crippen molar-refractivity contribution in [2.75, 3.05) is 39.3 Å². The number of imidazole rings is 1. The summed E-state index contributed by atoms with van der Waals surface area (Å²) in [6, 6.07) is 24.7. The second-order valence-electron chi connectivity index (χ2n) is 11.0. The van der Waals surface area contributed by atoms with Gasteiger partial charge in [-0.05, 0) is 67.6 Å². The van der Waals surface area contributed by atoms with Gasteiger partial charge in [0.1, 0.15) is 24.8 Å². The quantitative estimate of drug-likeness (QED) is 0.263. The summed E-state index contributed by atoms with van der Waals surface area (Å²) < 4.78 is 8.57. The van der Waals surface area contributed by atoms with E-state index in [0.717, 1.165) is 71.8 Å². The number of nitrogens with zero attached hydrogens (tertiary/aromatic N) is 4. The largest absolute Gasteiger partial charge is 0.492 e. The van der Waals surface area contributed by atoms with Crippen molar-refractivity contribution in [1.29, 1.82) is 0 Å². The van der Waals surface area contributed by atoms with Gasteiger partial charge in [-0.3, -0.25) is 9.69 Å². The van der Waals surface area contributed by atoms with Crippen molar-refractivity contribution in [1.82, 2.24) is 19.4 Å². The predicted molar refractivity (Wildman–Crippen MR) is 163 cm³/mol. The van der Waals surface area contributed by atoms with Gasteiger partial charge >= 0.3 is 0 Å². The Hall–Kier alpha value is -3.68. The minimum atomic E-state index is -0.0482. The van der Waals surface area contributed by atoms with Crippen LogP contribution in [0.15, 0.2) is 72.8 Å². The molecule has 1 aliphatic heterocycles. The number of para-hydroxylation sites is 3. The highest BCUT2D eigenvalue weighted by molar-refractivity contribution is 5.94. The van der Waals surface area contributed by atoms with Crippen molar-refractivity contribution in [2.24, 2.45) is 5.92 Å². The number of fused-ring (bicyclic) bond motifs is 1. The molecule has 2 atom stereocenters. The summed E-state index contributed by atoms with van der Waals surface area (Å²) in [7, 11) is 0. The Morgan fingerprint density at radius 3 is 2.49 bits per heavy atom. The van der Waals surface area contributed by atoms with Crippen LogP contribution in [0.4, 0.5) is 0 Å². The van der Waals surface area contributed by atoms with Crippen LogP contribution < -0.4 is 4.74 Å². The molecule has 0 bridgehead atoms. The topological polar surface area (TPSA) is 70.8 Å². The van der Waals surface area contributed by atoms with E-state index >= 15 is 0 Å². The van der Waals surface area contributed by atoms with E-state index in [-0.39, 0.29) is 12.5 Å². The third-order valence-electron chi connectivity index (χ3n) is 8.37. The second kappa shape index (κ2) is 13.3. The number of carbonyl (C=O) groups is 1. The lowest BCUT2D eigenvalue weighted by Crippen LogP contribution is -2.42. The molecule has 7 heteroatoms. The zero-order chi connectivity index (χ0) is 28.8. The van der Waals surface area contributed by atoms with Gasteiger partial charge in [0.05, 0.1) is 11.0 Å². The number of amides is 1. The minimum absolute atomic E-state index is 0.0482. The molecule has 1 N–H and O–H groups in total. The zero-order valence-electron chi connectivity index (χ0n) is 24.5. The molecule has 1 aromatic heterocycles. The predicted octanol–water partition coefficient (Wildman–Crippen LogP) is 5.56. The van der Waals surface area contributed by atoms with Crippen LogP contribution >= 0.6 is 0 Å². The molecule has 1 saturated heterocycles. The third kappa shape index (κ3) is 6.47. The molecule has 1 amide bonds. The van der Waals surface area contributed by atoms with Crippen LogP contribution in [0, 0.1) is 5.92 Å². The lowest BCUT2D eigenvalue weighted by atomic mass is 9.93. The SMILES string of the molecule is CCN(CC)C(=O)c1ccc(Cc2ccccc2OCCN2CCC(n3c(CO)nc4ccccc43)C(C)C2)cc1. The summed E-state index contributed by atoms with van der Waals surface area (Å²) in [6.07, 6.45) is 1.77. The Bertz CT molecular complexity index is 1440. The smallest absolute Gasteiger partial charge is 0.253 e. The molecule has 3 aromatic carbocycles. The number of aliphatic hydroxyl groups excluding tert-OH is 1. The number of likely N-dealkylation sites (tertiary alicyclic amines) is 1. The maximum Gasteiger partial charge on any atom is 0.253 e. The minimum Gasteiger partial charge on any atom is -0.492 e. The zero-order valence-corrected chi connectivity index (χ0v) is 24.5. The highest BCUT2D eigenvalue weighted by Crippen LogP contribution is 2.33. The van der Waals surface area contributed by atoms with Crippen LogP contribution in [-0.2, 0) is 13.0 Å². The van der Waals surface area contributed by atoms with Crippen LogP contribution in [0.1, 0.15) is 60.5 Å². The van der Waals surface area contributed by atoms with Gasteiger partial charge in [0.25, 0.3) is 5.91 Å². The van der Waals surface area contributed by atoms with Crippen molar-refractivity contribution in [2.45, 2.75) is 46.3 Å². The molecule has 0 saturated carbocycles. The fraction of sp³-hybridized carbons (Fsp3) is 0.412. The van der Waals surface area contributed by atoms with E-state index in [1.807, 2.05) is 79.4 Å². The van der Waals surface area contributed by atoms with Crippen LogP contribution in [0.25, 0.3) is 11.0 Å². The number of aromatic nitrogens is 2. The van der Waals surface area contributed by atoms with E-state index in [1.165, 1.54) is 0 Å². The van der Waals surface area contributed by atoms with E-state index in [2.05, 4.69) is 33.5 Å². The van der Waals surface area contributed by atoms with Crippen LogP contribution in [-0.4, -0.2) is 69.7 Å². The monoisotopic (exact) mass is 554 g/mol. The Morgan fingerprint density at radius 2 is 1.76 bits per heavy atom. The Morgan fingerprint density at radius 1 is 1.02 bits per heavy atom. The first kappa shape index (κ1) is 28.8. The summed E-state index contributed by atoms with van der Waals surface area (Å²) >= 11 is 0. The first-order chi connectivity index (χ1) is 20.0. The summed E-state index contributed by atoms with van der Waals surface area (Å²) in [5, 5.41) is 9.98. The highest BCUT2D eigenvalue weighted by atomic mass is 16.5. The van der Waals surface area contributed by atoms with Gasteiger partial charge in [-0.15, -0.1) is 0 Å². The van der Waals surface area contributed by atoms with E-state index in [0.29, 0.717) is 31.7 Å².